The minimum Gasteiger partial charge on any atom is -0.365 e. The molecule has 4 rings (SSSR count). The third kappa shape index (κ3) is 5.38. The van der Waals surface area contributed by atoms with E-state index in [1.165, 1.54) is 16.7 Å². The summed E-state index contributed by atoms with van der Waals surface area (Å²) in [5.74, 6) is 0.705. The summed E-state index contributed by atoms with van der Waals surface area (Å²) in [5, 5.41) is 11.1. The van der Waals surface area contributed by atoms with Gasteiger partial charge in [0, 0.05) is 30.8 Å². The van der Waals surface area contributed by atoms with Gasteiger partial charge in [-0.1, -0.05) is 35.9 Å². The number of anilines is 1. The number of imidazole rings is 1. The molecule has 4 aromatic rings. The van der Waals surface area contributed by atoms with Gasteiger partial charge in [-0.2, -0.15) is 0 Å². The first kappa shape index (κ1) is 22.5. The van der Waals surface area contributed by atoms with Gasteiger partial charge < -0.3 is 15.5 Å². The molecule has 0 bridgehead atoms. The van der Waals surface area contributed by atoms with E-state index >= 15 is 0 Å². The Hall–Kier alpha value is -3.71. The van der Waals surface area contributed by atoms with E-state index in [0.29, 0.717) is 18.7 Å². The number of nitrogens with zero attached hydrogens (tertiary/aromatic N) is 4. The highest BCUT2D eigenvalue weighted by atomic mass is 16.1. The van der Waals surface area contributed by atoms with Gasteiger partial charge in [0.05, 0.1) is 11.9 Å². The van der Waals surface area contributed by atoms with Crippen LogP contribution in [0.2, 0.25) is 0 Å². The van der Waals surface area contributed by atoms with Gasteiger partial charge in [-0.15, -0.1) is 5.10 Å². The average molecular weight is 443 g/mol. The maximum atomic E-state index is 12.3. The quantitative estimate of drug-likeness (QED) is 0.433. The van der Waals surface area contributed by atoms with Crippen LogP contribution in [0.15, 0.2) is 60.8 Å². The predicted molar refractivity (Wildman–Crippen MR) is 133 cm³/mol. The fraction of sp³-hybridized carbons (Fsp3) is 0.269. The number of aryl methyl sites for hydroxylation is 2. The lowest BCUT2D eigenvalue weighted by atomic mass is 10.1. The molecular formula is C26H30N6O. The first-order chi connectivity index (χ1) is 15.9. The molecule has 0 aliphatic carbocycles. The van der Waals surface area contributed by atoms with Crippen molar-refractivity contribution in [1.29, 1.82) is 0 Å². The molecule has 2 heterocycles. The molecule has 170 valence electrons. The standard InChI is InChI=1S/C26H30N6O/c1-18-5-6-22(19(2)15-18)16-28-24-11-12-25-29-17-23(32(25)30-24)20-7-9-21(10-8-20)26(33)27-13-14-31(3)4/h5-12,15,17H,13-14,16H2,1-4H3,(H,27,33)(H,28,30). The molecule has 2 aromatic carbocycles. The third-order valence-electron chi connectivity index (χ3n) is 5.61. The summed E-state index contributed by atoms with van der Waals surface area (Å²) in [6.45, 7) is 6.34. The number of aromatic nitrogens is 3. The SMILES string of the molecule is Cc1ccc(CNc2ccc3ncc(-c4ccc(C(=O)NCCN(C)C)cc4)n3n2)c(C)c1. The van der Waals surface area contributed by atoms with E-state index in [1.807, 2.05) is 66.1 Å². The lowest BCUT2D eigenvalue weighted by Crippen LogP contribution is -2.31. The van der Waals surface area contributed by atoms with Crippen LogP contribution in [0.5, 0.6) is 0 Å². The van der Waals surface area contributed by atoms with Crippen molar-refractivity contribution in [2.24, 2.45) is 0 Å². The zero-order valence-corrected chi connectivity index (χ0v) is 19.6. The van der Waals surface area contributed by atoms with Gasteiger partial charge in [0.2, 0.25) is 0 Å². The number of carbonyl (C=O) groups excluding carboxylic acids is 1. The van der Waals surface area contributed by atoms with Crippen molar-refractivity contribution in [1.82, 2.24) is 24.8 Å². The van der Waals surface area contributed by atoms with Gasteiger partial charge in [0.1, 0.15) is 5.82 Å². The first-order valence-corrected chi connectivity index (χ1v) is 11.1. The van der Waals surface area contributed by atoms with Crippen LogP contribution < -0.4 is 10.6 Å². The molecule has 0 aliphatic heterocycles. The Labute approximate surface area is 194 Å². The van der Waals surface area contributed by atoms with Crippen molar-refractivity contribution >= 4 is 17.4 Å². The summed E-state index contributed by atoms with van der Waals surface area (Å²) in [7, 11) is 3.96. The molecule has 7 nitrogen and oxygen atoms in total. The van der Waals surface area contributed by atoms with Gasteiger partial charge in [-0.05, 0) is 63.3 Å². The van der Waals surface area contributed by atoms with Gasteiger partial charge in [-0.25, -0.2) is 9.50 Å². The number of nitrogens with one attached hydrogen (secondary N) is 2. The van der Waals surface area contributed by atoms with E-state index in [4.69, 9.17) is 5.10 Å². The molecule has 33 heavy (non-hydrogen) atoms. The number of hydrogen-bond donors (Lipinski definition) is 2. The molecule has 0 spiro atoms. The molecule has 0 unspecified atom stereocenters. The minimum absolute atomic E-state index is 0.0717. The second kappa shape index (κ2) is 9.83. The maximum absolute atomic E-state index is 12.3. The van der Waals surface area contributed by atoms with Crippen LogP contribution in [0.4, 0.5) is 5.82 Å². The van der Waals surface area contributed by atoms with Gasteiger partial charge in [-0.3, -0.25) is 4.79 Å². The normalized spacial score (nSPS) is 11.2. The molecule has 0 radical (unpaired) electrons. The number of carbonyl (C=O) groups is 1. The van der Waals surface area contributed by atoms with E-state index in [0.717, 1.165) is 29.3 Å². The van der Waals surface area contributed by atoms with Crippen LogP contribution in [-0.4, -0.2) is 52.6 Å². The Morgan fingerprint density at radius 3 is 2.55 bits per heavy atom. The maximum Gasteiger partial charge on any atom is 0.251 e. The average Bonchev–Trinajstić information content (AvgIpc) is 3.21. The number of benzene rings is 2. The van der Waals surface area contributed by atoms with Crippen molar-refractivity contribution < 1.29 is 4.79 Å². The van der Waals surface area contributed by atoms with E-state index in [1.54, 1.807) is 0 Å². The number of rotatable bonds is 8. The van der Waals surface area contributed by atoms with E-state index < -0.39 is 0 Å². The Morgan fingerprint density at radius 2 is 1.82 bits per heavy atom. The Bertz CT molecular complexity index is 1260. The van der Waals surface area contributed by atoms with Crippen LogP contribution in [0.1, 0.15) is 27.0 Å². The fourth-order valence-corrected chi connectivity index (χ4v) is 3.68. The predicted octanol–water partition coefficient (Wildman–Crippen LogP) is 3.92. The van der Waals surface area contributed by atoms with Crippen LogP contribution >= 0.6 is 0 Å². The molecular weight excluding hydrogens is 412 g/mol. The van der Waals surface area contributed by atoms with Gasteiger partial charge >= 0.3 is 0 Å². The monoisotopic (exact) mass is 442 g/mol. The summed E-state index contributed by atoms with van der Waals surface area (Å²) in [6, 6.07) is 17.9. The summed E-state index contributed by atoms with van der Waals surface area (Å²) >= 11 is 0. The lowest BCUT2D eigenvalue weighted by molar-refractivity contribution is 0.0951. The zero-order valence-electron chi connectivity index (χ0n) is 19.6. The summed E-state index contributed by atoms with van der Waals surface area (Å²) in [6.07, 6.45) is 1.81. The van der Waals surface area contributed by atoms with Crippen LogP contribution in [0.25, 0.3) is 16.9 Å². The highest BCUT2D eigenvalue weighted by molar-refractivity contribution is 5.94. The topological polar surface area (TPSA) is 74.6 Å². The van der Waals surface area contributed by atoms with Crippen molar-refractivity contribution in [2.75, 3.05) is 32.5 Å². The van der Waals surface area contributed by atoms with Crippen LogP contribution in [-0.2, 0) is 6.54 Å². The van der Waals surface area contributed by atoms with E-state index in [9.17, 15) is 4.79 Å². The van der Waals surface area contributed by atoms with Crippen molar-refractivity contribution in [3.63, 3.8) is 0 Å². The molecule has 0 saturated carbocycles. The number of likely N-dealkylation sites (N-methyl/N-ethyl adjacent to an activating group) is 1. The second-order valence-corrected chi connectivity index (χ2v) is 8.55. The molecule has 7 heteroatoms. The second-order valence-electron chi connectivity index (χ2n) is 8.55. The van der Waals surface area contributed by atoms with Crippen LogP contribution in [0.3, 0.4) is 0 Å². The van der Waals surface area contributed by atoms with E-state index in [2.05, 4.69) is 47.7 Å². The lowest BCUT2D eigenvalue weighted by Gasteiger charge is -2.11. The van der Waals surface area contributed by atoms with Gasteiger partial charge in [0.25, 0.3) is 5.91 Å². The highest BCUT2D eigenvalue weighted by Gasteiger charge is 2.11. The Balaban J connectivity index is 1.49. The van der Waals surface area contributed by atoms with Crippen molar-refractivity contribution in [2.45, 2.75) is 20.4 Å². The van der Waals surface area contributed by atoms with Crippen LogP contribution in [0, 0.1) is 13.8 Å². The molecule has 2 N–H and O–H groups in total. The smallest absolute Gasteiger partial charge is 0.251 e. The number of hydrogen-bond acceptors (Lipinski definition) is 5. The first-order valence-electron chi connectivity index (χ1n) is 11.1. The summed E-state index contributed by atoms with van der Waals surface area (Å²) < 4.78 is 1.83. The zero-order chi connectivity index (χ0) is 23.4. The molecule has 0 atom stereocenters. The molecule has 1 amide bonds. The molecule has 0 fully saturated rings. The van der Waals surface area contributed by atoms with E-state index in [-0.39, 0.29) is 5.91 Å². The van der Waals surface area contributed by atoms with Gasteiger partial charge in [0.15, 0.2) is 5.65 Å². The largest absolute Gasteiger partial charge is 0.365 e. The molecule has 0 saturated heterocycles. The van der Waals surface area contributed by atoms with Crippen molar-refractivity contribution in [3.05, 3.63) is 83.0 Å². The Morgan fingerprint density at radius 1 is 1.03 bits per heavy atom. The molecule has 2 aromatic heterocycles. The minimum atomic E-state index is -0.0717. The number of amides is 1. The summed E-state index contributed by atoms with van der Waals surface area (Å²) in [4.78, 5) is 18.9. The third-order valence-corrected chi connectivity index (χ3v) is 5.61. The molecule has 0 aliphatic rings. The Kier molecular flexibility index (Phi) is 6.70. The summed E-state index contributed by atoms with van der Waals surface area (Å²) in [5.41, 5.74) is 7.00. The van der Waals surface area contributed by atoms with Crippen molar-refractivity contribution in [3.8, 4) is 11.3 Å². The fourth-order valence-electron chi connectivity index (χ4n) is 3.68. The highest BCUT2D eigenvalue weighted by Crippen LogP contribution is 2.22. The number of fused-ring (bicyclic) bond motifs is 1.